The van der Waals surface area contributed by atoms with Crippen molar-refractivity contribution in [2.75, 3.05) is 11.9 Å². The molecule has 1 heterocycles. The van der Waals surface area contributed by atoms with Gasteiger partial charge in [-0.2, -0.15) is 5.26 Å². The molecule has 1 N–H and O–H groups in total. The van der Waals surface area contributed by atoms with Gasteiger partial charge >= 0.3 is 0 Å². The summed E-state index contributed by atoms with van der Waals surface area (Å²) in [6.07, 6.45) is 7.24. The van der Waals surface area contributed by atoms with Crippen molar-refractivity contribution >= 4 is 22.4 Å². The Kier molecular flexibility index (Phi) is 5.57. The maximum atomic E-state index is 11.9. The standard InChI is InChI=1S/C18H19N3O2S/c19-10-14-7-5-13(6-8-14)9-16-11-20-18(24-16)21-17(22)12-23-15-3-1-2-4-15/h5-8,11,15H,1-4,9,12H2,(H,20,21,22). The normalized spacial score (nSPS) is 14.5. The molecule has 0 unspecified atom stereocenters. The number of nitriles is 1. The highest BCUT2D eigenvalue weighted by Gasteiger charge is 2.17. The van der Waals surface area contributed by atoms with Crippen LogP contribution in [0.25, 0.3) is 0 Å². The van der Waals surface area contributed by atoms with E-state index in [4.69, 9.17) is 10.00 Å². The quantitative estimate of drug-likeness (QED) is 0.872. The van der Waals surface area contributed by atoms with Crippen molar-refractivity contribution in [3.05, 3.63) is 46.5 Å². The first-order chi connectivity index (χ1) is 11.7. The van der Waals surface area contributed by atoms with E-state index in [2.05, 4.69) is 16.4 Å². The van der Waals surface area contributed by atoms with E-state index in [0.29, 0.717) is 10.7 Å². The zero-order valence-corrected chi connectivity index (χ0v) is 14.1. The molecule has 0 spiro atoms. The minimum absolute atomic E-state index is 0.0925. The van der Waals surface area contributed by atoms with Crippen LogP contribution in [0, 0.1) is 11.3 Å². The third kappa shape index (κ3) is 4.63. The van der Waals surface area contributed by atoms with Crippen LogP contribution < -0.4 is 5.32 Å². The third-order valence-electron chi connectivity index (χ3n) is 4.01. The van der Waals surface area contributed by atoms with Gasteiger partial charge in [0.05, 0.1) is 17.7 Å². The molecule has 5 nitrogen and oxygen atoms in total. The average molecular weight is 341 g/mol. The number of amides is 1. The zero-order valence-electron chi connectivity index (χ0n) is 13.3. The van der Waals surface area contributed by atoms with Gasteiger partial charge in [-0.3, -0.25) is 10.1 Å². The maximum Gasteiger partial charge on any atom is 0.252 e. The fourth-order valence-electron chi connectivity index (χ4n) is 2.75. The van der Waals surface area contributed by atoms with Crippen LogP contribution in [0.4, 0.5) is 5.13 Å². The summed E-state index contributed by atoms with van der Waals surface area (Å²) in [5.41, 5.74) is 1.76. The number of ether oxygens (including phenoxy) is 1. The lowest BCUT2D eigenvalue weighted by Gasteiger charge is -2.09. The van der Waals surface area contributed by atoms with Crippen molar-refractivity contribution in [1.82, 2.24) is 4.98 Å². The largest absolute Gasteiger partial charge is 0.368 e. The molecule has 2 aromatic rings. The van der Waals surface area contributed by atoms with Crippen molar-refractivity contribution in [3.8, 4) is 6.07 Å². The maximum absolute atomic E-state index is 11.9. The number of anilines is 1. The molecule has 24 heavy (non-hydrogen) atoms. The van der Waals surface area contributed by atoms with Crippen LogP contribution in [-0.4, -0.2) is 23.6 Å². The monoisotopic (exact) mass is 341 g/mol. The molecule has 0 aliphatic heterocycles. The summed E-state index contributed by atoms with van der Waals surface area (Å²) in [7, 11) is 0. The Morgan fingerprint density at radius 3 is 2.79 bits per heavy atom. The number of nitrogens with one attached hydrogen (secondary N) is 1. The molecule has 1 saturated carbocycles. The van der Waals surface area contributed by atoms with Gasteiger partial charge in [-0.05, 0) is 30.5 Å². The molecule has 1 fully saturated rings. The van der Waals surface area contributed by atoms with Gasteiger partial charge in [-0.1, -0.05) is 25.0 Å². The van der Waals surface area contributed by atoms with Crippen molar-refractivity contribution in [3.63, 3.8) is 0 Å². The van der Waals surface area contributed by atoms with E-state index in [1.54, 1.807) is 18.3 Å². The molecule has 1 aliphatic rings. The Morgan fingerprint density at radius 1 is 1.33 bits per heavy atom. The average Bonchev–Trinajstić information content (AvgIpc) is 3.26. The van der Waals surface area contributed by atoms with Crippen molar-refractivity contribution in [2.45, 2.75) is 38.2 Å². The highest BCUT2D eigenvalue weighted by molar-refractivity contribution is 7.15. The molecule has 0 bridgehead atoms. The van der Waals surface area contributed by atoms with E-state index >= 15 is 0 Å². The van der Waals surface area contributed by atoms with Crippen molar-refractivity contribution in [2.24, 2.45) is 0 Å². The lowest BCUT2D eigenvalue weighted by Crippen LogP contribution is -2.21. The molecule has 6 heteroatoms. The van der Waals surface area contributed by atoms with Gasteiger partial charge in [0.2, 0.25) is 0 Å². The van der Waals surface area contributed by atoms with Gasteiger partial charge in [0, 0.05) is 17.5 Å². The number of thiazole rings is 1. The van der Waals surface area contributed by atoms with E-state index in [9.17, 15) is 4.79 Å². The fourth-order valence-corrected chi connectivity index (χ4v) is 3.61. The number of hydrogen-bond acceptors (Lipinski definition) is 5. The van der Waals surface area contributed by atoms with Crippen LogP contribution in [0.3, 0.4) is 0 Å². The summed E-state index contributed by atoms with van der Waals surface area (Å²) in [6.45, 7) is 0.0925. The minimum atomic E-state index is -0.152. The Bertz CT molecular complexity index is 727. The van der Waals surface area contributed by atoms with Crippen LogP contribution >= 0.6 is 11.3 Å². The van der Waals surface area contributed by atoms with Crippen LogP contribution in [0.5, 0.6) is 0 Å². The molecule has 124 valence electrons. The molecule has 1 amide bonds. The van der Waals surface area contributed by atoms with Crippen LogP contribution in [0.1, 0.15) is 41.7 Å². The number of hydrogen-bond donors (Lipinski definition) is 1. The van der Waals surface area contributed by atoms with Gasteiger partial charge in [-0.15, -0.1) is 11.3 Å². The number of nitrogens with zero attached hydrogens (tertiary/aromatic N) is 2. The van der Waals surface area contributed by atoms with Gasteiger partial charge in [-0.25, -0.2) is 4.98 Å². The highest BCUT2D eigenvalue weighted by atomic mass is 32.1. The van der Waals surface area contributed by atoms with Gasteiger partial charge in [0.1, 0.15) is 6.61 Å². The van der Waals surface area contributed by atoms with E-state index < -0.39 is 0 Å². The molecule has 0 radical (unpaired) electrons. The Balaban J connectivity index is 1.49. The molecular formula is C18H19N3O2S. The highest BCUT2D eigenvalue weighted by Crippen LogP contribution is 2.22. The number of benzene rings is 1. The predicted octanol–water partition coefficient (Wildman–Crippen LogP) is 3.50. The number of carbonyl (C=O) groups is 1. The van der Waals surface area contributed by atoms with E-state index in [1.165, 1.54) is 24.2 Å². The Hall–Kier alpha value is -2.23. The Morgan fingerprint density at radius 2 is 2.08 bits per heavy atom. The molecule has 1 aromatic carbocycles. The van der Waals surface area contributed by atoms with Crippen molar-refractivity contribution < 1.29 is 9.53 Å². The molecule has 3 rings (SSSR count). The summed E-state index contributed by atoms with van der Waals surface area (Å²) in [5.74, 6) is -0.152. The summed E-state index contributed by atoms with van der Waals surface area (Å²) in [6, 6.07) is 9.59. The van der Waals surface area contributed by atoms with E-state index in [1.807, 2.05) is 12.1 Å². The van der Waals surface area contributed by atoms with Gasteiger partial charge in [0.25, 0.3) is 5.91 Å². The second-order valence-corrected chi connectivity index (χ2v) is 7.00. The van der Waals surface area contributed by atoms with Crippen LogP contribution in [0.2, 0.25) is 0 Å². The number of aromatic nitrogens is 1. The number of carbonyl (C=O) groups excluding carboxylic acids is 1. The SMILES string of the molecule is N#Cc1ccc(Cc2cnc(NC(=O)COC3CCCC3)s2)cc1. The van der Waals surface area contributed by atoms with Crippen LogP contribution in [0.15, 0.2) is 30.5 Å². The minimum Gasteiger partial charge on any atom is -0.368 e. The van der Waals surface area contributed by atoms with Crippen LogP contribution in [-0.2, 0) is 16.0 Å². The van der Waals surface area contributed by atoms with E-state index in [0.717, 1.165) is 29.7 Å². The predicted molar refractivity (Wildman–Crippen MR) is 92.9 cm³/mol. The molecular weight excluding hydrogens is 322 g/mol. The molecule has 1 aromatic heterocycles. The summed E-state index contributed by atoms with van der Waals surface area (Å²) >= 11 is 1.46. The topological polar surface area (TPSA) is 75.0 Å². The second kappa shape index (κ2) is 8.04. The van der Waals surface area contributed by atoms with Crippen molar-refractivity contribution in [1.29, 1.82) is 5.26 Å². The molecule has 1 aliphatic carbocycles. The fraction of sp³-hybridized carbons (Fsp3) is 0.389. The third-order valence-corrected chi connectivity index (χ3v) is 4.93. The summed E-state index contributed by atoms with van der Waals surface area (Å²) in [4.78, 5) is 17.2. The van der Waals surface area contributed by atoms with Gasteiger partial charge < -0.3 is 4.74 Å². The van der Waals surface area contributed by atoms with Gasteiger partial charge in [0.15, 0.2) is 5.13 Å². The zero-order chi connectivity index (χ0) is 16.8. The lowest BCUT2D eigenvalue weighted by molar-refractivity contribution is -0.122. The first kappa shape index (κ1) is 16.6. The molecule has 0 atom stereocenters. The van der Waals surface area contributed by atoms with E-state index in [-0.39, 0.29) is 18.6 Å². The Labute approximate surface area is 145 Å². The molecule has 0 saturated heterocycles. The summed E-state index contributed by atoms with van der Waals surface area (Å²) in [5, 5.41) is 12.2. The number of rotatable bonds is 6. The lowest BCUT2D eigenvalue weighted by atomic mass is 10.1. The summed E-state index contributed by atoms with van der Waals surface area (Å²) < 4.78 is 5.60. The second-order valence-electron chi connectivity index (χ2n) is 5.88. The smallest absolute Gasteiger partial charge is 0.252 e. The first-order valence-electron chi connectivity index (χ1n) is 8.08. The first-order valence-corrected chi connectivity index (χ1v) is 8.90.